The molecular formula is C16H31AlCl2FN2O11P3S2. The minimum Gasteiger partial charge on any atom is -0.786 e. The number of rotatable bonds is 11. The average molecular weight is 701 g/mol. The second-order valence-electron chi connectivity index (χ2n) is 5.86. The molecule has 0 spiro atoms. The number of hydrogen-bond acceptors (Lipinski definition) is 12. The first kappa shape index (κ1) is 46.2. The second-order valence-corrected chi connectivity index (χ2v) is 13.1. The fourth-order valence-corrected chi connectivity index (χ4v) is 4.98. The van der Waals surface area contributed by atoms with Crippen molar-refractivity contribution >= 4 is 94.2 Å². The minimum absolute atomic E-state index is 0. The van der Waals surface area contributed by atoms with Crippen LogP contribution < -0.4 is 18.4 Å². The number of hydrogen-bond donors (Lipinski definition) is 3. The molecule has 22 heteroatoms. The van der Waals surface area contributed by atoms with Crippen molar-refractivity contribution in [3.63, 3.8) is 0 Å². The standard InChI is InChI=1S/C10H13Cl2FN2O2S2.3C2H6O3P.Al/c1-8-4-6-9(7-5-8)15(18-10(11,12)13)19(16,17)14(2)3;3*1-2-5-6(3)4;/h4-7H,1-3H3;3*3H,2H2,1H3;/q;3*-1;+3. The molecule has 0 aliphatic heterocycles. The van der Waals surface area contributed by atoms with Gasteiger partial charge in [0.05, 0.1) is 31.5 Å². The second kappa shape index (κ2) is 25.9. The molecule has 222 valence electrons. The number of halogens is 3. The van der Waals surface area contributed by atoms with Crippen LogP contribution in [0.5, 0.6) is 0 Å². The van der Waals surface area contributed by atoms with Crippen molar-refractivity contribution in [2.75, 3.05) is 37.6 Å². The van der Waals surface area contributed by atoms with Crippen LogP contribution in [0.25, 0.3) is 0 Å². The first-order valence-corrected chi connectivity index (χ1v) is 16.1. The molecule has 0 amide bonds. The number of alkyl halides is 3. The van der Waals surface area contributed by atoms with E-state index in [0.29, 0.717) is 19.8 Å². The maximum atomic E-state index is 13.4. The van der Waals surface area contributed by atoms with Gasteiger partial charge < -0.3 is 42.9 Å². The van der Waals surface area contributed by atoms with Gasteiger partial charge in [-0.1, -0.05) is 40.9 Å². The average Bonchev–Trinajstić information content (AvgIpc) is 2.73. The molecule has 0 aliphatic rings. The fraction of sp³-hybridized carbons (Fsp3) is 0.625. The molecule has 0 aromatic heterocycles. The molecule has 1 rings (SSSR count). The van der Waals surface area contributed by atoms with E-state index in [9.17, 15) is 27.5 Å². The maximum absolute atomic E-state index is 13.4. The Morgan fingerprint density at radius 1 is 0.921 bits per heavy atom. The van der Waals surface area contributed by atoms with Crippen molar-refractivity contribution in [3.05, 3.63) is 29.8 Å². The smallest absolute Gasteiger partial charge is 0.786 e. The summed E-state index contributed by atoms with van der Waals surface area (Å²) in [5.41, 5.74) is 1.20. The normalized spacial score (nSPS) is 13.3. The van der Waals surface area contributed by atoms with E-state index in [4.69, 9.17) is 37.9 Å². The van der Waals surface area contributed by atoms with Crippen LogP contribution in [-0.4, -0.2) is 82.6 Å². The third kappa shape index (κ3) is 28.8. The van der Waals surface area contributed by atoms with E-state index in [-0.39, 0.29) is 35.0 Å². The van der Waals surface area contributed by atoms with Crippen LogP contribution >= 0.6 is 61.0 Å². The Kier molecular flexibility index (Phi) is 31.5. The van der Waals surface area contributed by atoms with Gasteiger partial charge in [-0.3, -0.25) is 0 Å². The first-order chi connectivity index (χ1) is 16.8. The number of aryl methyl sites for hydroxylation is 1. The van der Waals surface area contributed by atoms with Crippen LogP contribution in [0.3, 0.4) is 0 Å². The number of benzene rings is 1. The summed E-state index contributed by atoms with van der Waals surface area (Å²) in [6, 6.07) is 6.50. The quantitative estimate of drug-likeness (QED) is 0.131. The van der Waals surface area contributed by atoms with Gasteiger partial charge in [0.15, 0.2) is 0 Å². The molecule has 3 N–H and O–H groups in total. The molecule has 3 unspecified atom stereocenters. The van der Waals surface area contributed by atoms with E-state index in [1.807, 2.05) is 6.92 Å². The summed E-state index contributed by atoms with van der Waals surface area (Å²) in [6.45, 7) is 7.71. The van der Waals surface area contributed by atoms with Crippen molar-refractivity contribution in [2.45, 2.75) is 31.6 Å². The van der Waals surface area contributed by atoms with Crippen molar-refractivity contribution < 1.29 is 55.7 Å². The predicted octanol–water partition coefficient (Wildman–Crippen LogP) is 1.74. The van der Waals surface area contributed by atoms with Crippen LogP contribution in [0.1, 0.15) is 26.3 Å². The molecule has 0 fully saturated rings. The Labute approximate surface area is 252 Å². The fourth-order valence-electron chi connectivity index (χ4n) is 1.47. The topological polar surface area (TPSA) is 198 Å². The summed E-state index contributed by atoms with van der Waals surface area (Å²) in [6.07, 6.45) is 0. The van der Waals surface area contributed by atoms with E-state index in [1.165, 1.54) is 14.1 Å². The van der Waals surface area contributed by atoms with E-state index in [1.54, 1.807) is 45.0 Å². The zero-order valence-corrected chi connectivity index (χ0v) is 28.3. The molecule has 1 aromatic rings. The minimum atomic E-state index is -3.92. The number of nitrogens with zero attached hydrogens (tertiary/aromatic N) is 2. The van der Waals surface area contributed by atoms with Crippen molar-refractivity contribution in [1.29, 1.82) is 0 Å². The zero-order valence-electron chi connectivity index (χ0n) is 21.3. The van der Waals surface area contributed by atoms with Gasteiger partial charge in [0, 0.05) is 45.9 Å². The molecule has 0 heterocycles. The Morgan fingerprint density at radius 2 is 1.24 bits per heavy atom. The Hall–Kier alpha value is 1.25. The maximum Gasteiger partial charge on any atom is 3.00 e. The van der Waals surface area contributed by atoms with Crippen molar-refractivity contribution in [2.24, 2.45) is 0 Å². The summed E-state index contributed by atoms with van der Waals surface area (Å²) < 4.78 is 48.9. The summed E-state index contributed by atoms with van der Waals surface area (Å²) >= 11 is 10.7. The molecule has 3 atom stereocenters. The molecule has 0 saturated carbocycles. The summed E-state index contributed by atoms with van der Waals surface area (Å²) in [5, 5.41) is 0. The van der Waals surface area contributed by atoms with E-state index in [2.05, 4.69) is 13.6 Å². The SMILES string of the molecule is CCOP([O-])O.CCOP([O-])O.CCOP([O-])O.Cc1ccc(N(SC(F)(Cl)Cl)S(=O)(=O)N(C)C)cc1.[Al+3]. The van der Waals surface area contributed by atoms with Gasteiger partial charge in [-0.25, -0.2) is 0 Å². The number of anilines is 1. The van der Waals surface area contributed by atoms with Gasteiger partial charge in [-0.15, -0.1) is 0 Å². The molecule has 13 nitrogen and oxygen atoms in total. The van der Waals surface area contributed by atoms with Crippen LogP contribution in [0.15, 0.2) is 24.3 Å². The van der Waals surface area contributed by atoms with Gasteiger partial charge in [0.1, 0.15) is 0 Å². The van der Waals surface area contributed by atoms with Crippen molar-refractivity contribution in [3.8, 4) is 0 Å². The molecule has 0 bridgehead atoms. The van der Waals surface area contributed by atoms with Gasteiger partial charge in [0.2, 0.25) is 0 Å². The molecule has 0 saturated heterocycles. The summed E-state index contributed by atoms with van der Waals surface area (Å²) in [4.78, 5) is 52.1. The first-order valence-electron chi connectivity index (χ1n) is 9.77. The molecule has 0 aliphatic carbocycles. The van der Waals surface area contributed by atoms with Crippen LogP contribution in [-0.2, 0) is 23.8 Å². The zero-order chi connectivity index (χ0) is 29.8. The third-order valence-corrected chi connectivity index (χ3v) is 7.60. The predicted molar refractivity (Wildman–Crippen MR) is 147 cm³/mol. The third-order valence-electron chi connectivity index (χ3n) is 2.82. The molecule has 38 heavy (non-hydrogen) atoms. The Morgan fingerprint density at radius 3 is 1.42 bits per heavy atom. The Bertz CT molecular complexity index is 765. The van der Waals surface area contributed by atoms with Crippen LogP contribution in [0.2, 0.25) is 0 Å². The summed E-state index contributed by atoms with van der Waals surface area (Å²) in [5.74, 6) is 0. The van der Waals surface area contributed by atoms with E-state index >= 15 is 0 Å². The van der Waals surface area contributed by atoms with Gasteiger partial charge >= 0.3 is 31.5 Å². The van der Waals surface area contributed by atoms with E-state index < -0.39 is 39.9 Å². The molecule has 1 aromatic carbocycles. The van der Waals surface area contributed by atoms with Gasteiger partial charge in [-0.05, 0) is 39.8 Å². The Balaban J connectivity index is -0.000000250. The van der Waals surface area contributed by atoms with Crippen molar-refractivity contribution in [1.82, 2.24) is 4.31 Å². The summed E-state index contributed by atoms with van der Waals surface area (Å²) in [7, 11) is -8.30. The van der Waals surface area contributed by atoms with Gasteiger partial charge in [-0.2, -0.15) is 20.8 Å². The molecule has 0 radical (unpaired) electrons. The monoisotopic (exact) mass is 700 g/mol. The van der Waals surface area contributed by atoms with E-state index in [0.717, 1.165) is 13.6 Å². The molecular weight excluding hydrogens is 670 g/mol. The largest absolute Gasteiger partial charge is 3.00 e. The van der Waals surface area contributed by atoms with Gasteiger partial charge in [0.25, 0.3) is 0 Å². The van der Waals surface area contributed by atoms with Crippen LogP contribution in [0.4, 0.5) is 10.1 Å². The van der Waals surface area contributed by atoms with Crippen LogP contribution in [0, 0.1) is 6.92 Å².